The topological polar surface area (TPSA) is 96.9 Å². The Labute approximate surface area is 123 Å². The van der Waals surface area contributed by atoms with Crippen LogP contribution in [0.2, 0.25) is 0 Å². The lowest BCUT2D eigenvalue weighted by atomic mass is 9.96. The maximum absolute atomic E-state index is 8.90. The molecular formula is C15H17N5O. The molecule has 108 valence electrons. The molecule has 0 spiro atoms. The standard InChI is InChI=1S/C15H17N5O/c1-15(2,3)14-18-12(20-17)8-13(19-14)21-11-6-4-5-10(7-11)9-16/h4-8H,17H2,1-3H3,(H,18,19,20). The fourth-order valence-electron chi connectivity index (χ4n) is 1.64. The molecule has 0 unspecified atom stereocenters. The molecule has 3 N–H and O–H groups in total. The maximum atomic E-state index is 8.90. The van der Waals surface area contributed by atoms with Gasteiger partial charge in [-0.1, -0.05) is 26.8 Å². The van der Waals surface area contributed by atoms with E-state index in [0.717, 1.165) is 0 Å². The van der Waals surface area contributed by atoms with Crippen molar-refractivity contribution >= 4 is 5.82 Å². The van der Waals surface area contributed by atoms with Crippen LogP contribution in [0.1, 0.15) is 32.2 Å². The number of benzene rings is 1. The summed E-state index contributed by atoms with van der Waals surface area (Å²) in [5.74, 6) is 7.43. The number of hydrazine groups is 1. The van der Waals surface area contributed by atoms with E-state index in [1.165, 1.54) is 0 Å². The summed E-state index contributed by atoms with van der Waals surface area (Å²) in [6.45, 7) is 6.01. The van der Waals surface area contributed by atoms with E-state index in [2.05, 4.69) is 21.5 Å². The van der Waals surface area contributed by atoms with Crippen LogP contribution in [0.15, 0.2) is 30.3 Å². The molecule has 0 bridgehead atoms. The number of hydrogen-bond acceptors (Lipinski definition) is 6. The minimum absolute atomic E-state index is 0.237. The van der Waals surface area contributed by atoms with Gasteiger partial charge in [-0.2, -0.15) is 10.2 Å². The van der Waals surface area contributed by atoms with Gasteiger partial charge in [0.1, 0.15) is 17.4 Å². The molecule has 2 aromatic rings. The van der Waals surface area contributed by atoms with E-state index in [1.54, 1.807) is 30.3 Å². The second kappa shape index (κ2) is 5.77. The fourth-order valence-corrected chi connectivity index (χ4v) is 1.64. The van der Waals surface area contributed by atoms with E-state index in [1.807, 2.05) is 20.8 Å². The van der Waals surface area contributed by atoms with Gasteiger partial charge >= 0.3 is 0 Å². The zero-order valence-corrected chi connectivity index (χ0v) is 12.2. The molecule has 0 saturated heterocycles. The highest BCUT2D eigenvalue weighted by Gasteiger charge is 2.19. The van der Waals surface area contributed by atoms with Crippen molar-refractivity contribution < 1.29 is 4.74 Å². The SMILES string of the molecule is CC(C)(C)c1nc(NN)cc(Oc2cccc(C#N)c2)n1. The predicted molar refractivity (Wildman–Crippen MR) is 79.8 cm³/mol. The van der Waals surface area contributed by atoms with Crippen molar-refractivity contribution in [2.45, 2.75) is 26.2 Å². The lowest BCUT2D eigenvalue weighted by Crippen LogP contribution is -2.19. The third kappa shape index (κ3) is 3.68. The third-order valence-corrected chi connectivity index (χ3v) is 2.71. The average Bonchev–Trinajstić information content (AvgIpc) is 2.46. The largest absolute Gasteiger partial charge is 0.439 e. The molecule has 0 saturated carbocycles. The van der Waals surface area contributed by atoms with E-state index < -0.39 is 0 Å². The van der Waals surface area contributed by atoms with Gasteiger partial charge in [-0.15, -0.1) is 0 Å². The normalized spacial score (nSPS) is 10.8. The van der Waals surface area contributed by atoms with Gasteiger partial charge in [0.25, 0.3) is 0 Å². The Balaban J connectivity index is 2.37. The molecule has 0 aliphatic heterocycles. The molecule has 2 rings (SSSR count). The first-order chi connectivity index (χ1) is 9.92. The Kier molecular flexibility index (Phi) is 4.05. The molecule has 0 amide bonds. The van der Waals surface area contributed by atoms with Crippen LogP contribution in [-0.2, 0) is 5.41 Å². The number of nitrogens with two attached hydrogens (primary N) is 1. The zero-order chi connectivity index (χ0) is 15.5. The highest BCUT2D eigenvalue weighted by molar-refractivity contribution is 5.41. The average molecular weight is 283 g/mol. The Bertz CT molecular complexity index is 685. The van der Waals surface area contributed by atoms with Gasteiger partial charge in [0.2, 0.25) is 5.88 Å². The highest BCUT2D eigenvalue weighted by Crippen LogP contribution is 2.26. The summed E-state index contributed by atoms with van der Waals surface area (Å²) in [5.41, 5.74) is 2.79. The van der Waals surface area contributed by atoms with Crippen molar-refractivity contribution in [2.75, 3.05) is 5.43 Å². The summed E-state index contributed by atoms with van der Waals surface area (Å²) in [5, 5.41) is 8.90. The van der Waals surface area contributed by atoms with Crippen molar-refractivity contribution in [3.05, 3.63) is 41.7 Å². The molecule has 0 radical (unpaired) electrons. The van der Waals surface area contributed by atoms with Gasteiger partial charge in [-0.25, -0.2) is 10.8 Å². The molecule has 0 aliphatic rings. The number of nitrogens with zero attached hydrogens (tertiary/aromatic N) is 3. The van der Waals surface area contributed by atoms with Gasteiger partial charge < -0.3 is 10.2 Å². The number of hydrogen-bond donors (Lipinski definition) is 2. The summed E-state index contributed by atoms with van der Waals surface area (Å²) >= 11 is 0. The van der Waals surface area contributed by atoms with Crippen LogP contribution in [0, 0.1) is 11.3 Å². The van der Waals surface area contributed by atoms with E-state index >= 15 is 0 Å². The monoisotopic (exact) mass is 283 g/mol. The number of nitrogen functional groups attached to an aromatic ring is 1. The Morgan fingerprint density at radius 3 is 2.62 bits per heavy atom. The van der Waals surface area contributed by atoms with Gasteiger partial charge in [0, 0.05) is 11.5 Å². The molecule has 0 fully saturated rings. The molecule has 6 heteroatoms. The molecule has 1 aromatic heterocycles. The summed E-state index contributed by atoms with van der Waals surface area (Å²) in [4.78, 5) is 8.71. The minimum atomic E-state index is -0.237. The fraction of sp³-hybridized carbons (Fsp3) is 0.267. The first-order valence-corrected chi connectivity index (χ1v) is 6.46. The van der Waals surface area contributed by atoms with E-state index in [0.29, 0.717) is 28.8 Å². The molecule has 1 aromatic carbocycles. The van der Waals surface area contributed by atoms with Crippen LogP contribution in [0.25, 0.3) is 0 Å². The van der Waals surface area contributed by atoms with Crippen LogP contribution < -0.4 is 16.0 Å². The smallest absolute Gasteiger partial charge is 0.224 e. The summed E-state index contributed by atoms with van der Waals surface area (Å²) in [7, 11) is 0. The number of nitrogens with one attached hydrogen (secondary N) is 1. The van der Waals surface area contributed by atoms with Crippen molar-refractivity contribution in [1.29, 1.82) is 5.26 Å². The zero-order valence-electron chi connectivity index (χ0n) is 12.2. The molecule has 0 atom stereocenters. The lowest BCUT2D eigenvalue weighted by Gasteiger charge is -2.18. The molecule has 0 aliphatic carbocycles. The Morgan fingerprint density at radius 2 is 2.00 bits per heavy atom. The number of ether oxygens (including phenoxy) is 1. The number of nitriles is 1. The summed E-state index contributed by atoms with van der Waals surface area (Å²) < 4.78 is 5.70. The van der Waals surface area contributed by atoms with Crippen LogP contribution in [0.4, 0.5) is 5.82 Å². The van der Waals surface area contributed by atoms with Crippen LogP contribution in [0.3, 0.4) is 0 Å². The second-order valence-electron chi connectivity index (χ2n) is 5.55. The molecular weight excluding hydrogens is 266 g/mol. The van der Waals surface area contributed by atoms with E-state index in [9.17, 15) is 0 Å². The minimum Gasteiger partial charge on any atom is -0.439 e. The van der Waals surface area contributed by atoms with Crippen LogP contribution in [0.5, 0.6) is 11.6 Å². The third-order valence-electron chi connectivity index (χ3n) is 2.71. The first-order valence-electron chi connectivity index (χ1n) is 6.46. The maximum Gasteiger partial charge on any atom is 0.224 e. The lowest BCUT2D eigenvalue weighted by molar-refractivity contribution is 0.446. The molecule has 1 heterocycles. The molecule has 21 heavy (non-hydrogen) atoms. The number of rotatable bonds is 3. The molecule has 6 nitrogen and oxygen atoms in total. The summed E-state index contributed by atoms with van der Waals surface area (Å²) in [6, 6.07) is 10.5. The van der Waals surface area contributed by atoms with Crippen molar-refractivity contribution in [1.82, 2.24) is 9.97 Å². The Hall–Kier alpha value is -2.65. The van der Waals surface area contributed by atoms with Gasteiger partial charge in [0.15, 0.2) is 0 Å². The summed E-state index contributed by atoms with van der Waals surface area (Å²) in [6.07, 6.45) is 0. The second-order valence-corrected chi connectivity index (χ2v) is 5.55. The Morgan fingerprint density at radius 1 is 1.24 bits per heavy atom. The van der Waals surface area contributed by atoms with Gasteiger partial charge in [-0.3, -0.25) is 0 Å². The van der Waals surface area contributed by atoms with Crippen LogP contribution in [-0.4, -0.2) is 9.97 Å². The van der Waals surface area contributed by atoms with Crippen molar-refractivity contribution in [2.24, 2.45) is 5.84 Å². The van der Waals surface area contributed by atoms with E-state index in [-0.39, 0.29) is 5.41 Å². The van der Waals surface area contributed by atoms with Gasteiger partial charge in [0.05, 0.1) is 11.6 Å². The number of anilines is 1. The predicted octanol–water partition coefficient (Wildman–Crippen LogP) is 2.72. The quantitative estimate of drug-likeness (QED) is 0.664. The van der Waals surface area contributed by atoms with Crippen molar-refractivity contribution in [3.63, 3.8) is 0 Å². The first kappa shape index (κ1) is 14.8. The van der Waals surface area contributed by atoms with Crippen molar-refractivity contribution in [3.8, 4) is 17.7 Å². The highest BCUT2D eigenvalue weighted by atomic mass is 16.5. The van der Waals surface area contributed by atoms with E-state index in [4.69, 9.17) is 15.8 Å². The van der Waals surface area contributed by atoms with Gasteiger partial charge in [-0.05, 0) is 18.2 Å². The number of aromatic nitrogens is 2. The van der Waals surface area contributed by atoms with Crippen LogP contribution >= 0.6 is 0 Å².